The van der Waals surface area contributed by atoms with Crippen molar-refractivity contribution in [3.63, 3.8) is 0 Å². The van der Waals surface area contributed by atoms with E-state index in [-0.39, 0.29) is 0 Å². The molecule has 4 nitrogen and oxygen atoms in total. The van der Waals surface area contributed by atoms with Gasteiger partial charge in [-0.2, -0.15) is 10.4 Å². The molecule has 2 aliphatic rings. The molecule has 0 amide bonds. The van der Waals surface area contributed by atoms with Gasteiger partial charge >= 0.3 is 0 Å². The number of nitrogens with one attached hydrogen (secondary N) is 1. The van der Waals surface area contributed by atoms with Gasteiger partial charge in [-0.3, -0.25) is 0 Å². The average molecular weight is 228 g/mol. The highest BCUT2D eigenvalue weighted by atomic mass is 15.2. The summed E-state index contributed by atoms with van der Waals surface area (Å²) in [4.78, 5) is 0. The van der Waals surface area contributed by atoms with E-state index < -0.39 is 0 Å². The SMILES string of the molecule is N#Cc1ccnnc1NCC(C1CC1)C1CC1. The lowest BCUT2D eigenvalue weighted by molar-refractivity contribution is 0.427. The van der Waals surface area contributed by atoms with Crippen LogP contribution in [0.25, 0.3) is 0 Å². The first-order valence-electron chi connectivity index (χ1n) is 6.34. The van der Waals surface area contributed by atoms with Gasteiger partial charge < -0.3 is 5.32 Å². The molecule has 0 aromatic carbocycles. The Labute approximate surface area is 101 Å². The molecule has 0 radical (unpaired) electrons. The largest absolute Gasteiger partial charge is 0.367 e. The van der Waals surface area contributed by atoms with Gasteiger partial charge in [-0.15, -0.1) is 5.10 Å². The zero-order chi connectivity index (χ0) is 11.7. The molecule has 1 heterocycles. The molecule has 0 saturated heterocycles. The third-order valence-electron chi connectivity index (χ3n) is 3.80. The number of rotatable bonds is 5. The van der Waals surface area contributed by atoms with Crippen molar-refractivity contribution in [1.29, 1.82) is 5.26 Å². The van der Waals surface area contributed by atoms with Crippen LogP contribution in [-0.2, 0) is 0 Å². The molecule has 2 fully saturated rings. The Morgan fingerprint density at radius 1 is 1.35 bits per heavy atom. The summed E-state index contributed by atoms with van der Waals surface area (Å²) in [6, 6.07) is 3.85. The van der Waals surface area contributed by atoms with Gasteiger partial charge in [-0.25, -0.2) is 0 Å². The predicted molar refractivity (Wildman–Crippen MR) is 64.2 cm³/mol. The maximum Gasteiger partial charge on any atom is 0.166 e. The van der Waals surface area contributed by atoms with E-state index in [0.717, 1.165) is 24.3 Å². The average Bonchev–Trinajstić information content (AvgIpc) is 3.23. The molecule has 1 aromatic heterocycles. The Kier molecular flexibility index (Phi) is 2.68. The van der Waals surface area contributed by atoms with Crippen LogP contribution < -0.4 is 5.32 Å². The monoisotopic (exact) mass is 228 g/mol. The van der Waals surface area contributed by atoms with Crippen molar-refractivity contribution in [2.75, 3.05) is 11.9 Å². The van der Waals surface area contributed by atoms with Crippen molar-refractivity contribution in [2.45, 2.75) is 25.7 Å². The third kappa shape index (κ3) is 2.38. The van der Waals surface area contributed by atoms with Crippen LogP contribution in [0.2, 0.25) is 0 Å². The topological polar surface area (TPSA) is 61.6 Å². The molecule has 1 aromatic rings. The molecule has 4 heteroatoms. The van der Waals surface area contributed by atoms with Crippen LogP contribution in [0.3, 0.4) is 0 Å². The highest BCUT2D eigenvalue weighted by Crippen LogP contribution is 2.49. The molecule has 3 rings (SSSR count). The Hall–Kier alpha value is -1.63. The molecule has 0 spiro atoms. The zero-order valence-corrected chi connectivity index (χ0v) is 9.76. The van der Waals surface area contributed by atoms with Gasteiger partial charge in [-0.1, -0.05) is 0 Å². The minimum Gasteiger partial charge on any atom is -0.367 e. The Morgan fingerprint density at radius 3 is 2.65 bits per heavy atom. The number of hydrogen-bond acceptors (Lipinski definition) is 4. The number of aromatic nitrogens is 2. The number of hydrogen-bond donors (Lipinski definition) is 1. The smallest absolute Gasteiger partial charge is 0.166 e. The highest BCUT2D eigenvalue weighted by Gasteiger charge is 2.41. The molecule has 0 atom stereocenters. The second kappa shape index (κ2) is 4.33. The molecule has 2 saturated carbocycles. The molecular formula is C13H16N4. The summed E-state index contributed by atoms with van der Waals surface area (Å²) in [5, 5.41) is 20.1. The summed E-state index contributed by atoms with van der Waals surface area (Å²) >= 11 is 0. The fourth-order valence-corrected chi connectivity index (χ4v) is 2.53. The summed E-state index contributed by atoms with van der Waals surface area (Å²) < 4.78 is 0. The maximum atomic E-state index is 8.97. The van der Waals surface area contributed by atoms with Crippen molar-refractivity contribution in [3.8, 4) is 6.07 Å². The van der Waals surface area contributed by atoms with Crippen LogP contribution in [0.1, 0.15) is 31.2 Å². The van der Waals surface area contributed by atoms with Crippen LogP contribution in [0.5, 0.6) is 0 Å². The Bertz CT molecular complexity index is 431. The Morgan fingerprint density at radius 2 is 2.06 bits per heavy atom. The van der Waals surface area contributed by atoms with Crippen molar-refractivity contribution >= 4 is 5.82 Å². The number of anilines is 1. The van der Waals surface area contributed by atoms with E-state index in [1.165, 1.54) is 25.7 Å². The van der Waals surface area contributed by atoms with Gasteiger partial charge in [0.2, 0.25) is 0 Å². The third-order valence-corrected chi connectivity index (χ3v) is 3.80. The van der Waals surface area contributed by atoms with Gasteiger partial charge in [-0.05, 0) is 49.5 Å². The van der Waals surface area contributed by atoms with Crippen LogP contribution >= 0.6 is 0 Å². The van der Waals surface area contributed by atoms with Gasteiger partial charge in [0.15, 0.2) is 5.82 Å². The lowest BCUT2D eigenvalue weighted by Crippen LogP contribution is -2.19. The van der Waals surface area contributed by atoms with E-state index in [4.69, 9.17) is 5.26 Å². The van der Waals surface area contributed by atoms with E-state index in [1.807, 2.05) is 0 Å². The summed E-state index contributed by atoms with van der Waals surface area (Å²) in [6.07, 6.45) is 7.09. The summed E-state index contributed by atoms with van der Waals surface area (Å²) in [5.74, 6) is 3.25. The predicted octanol–water partition coefficient (Wildman–Crippen LogP) is 2.20. The molecule has 1 N–H and O–H groups in total. The quantitative estimate of drug-likeness (QED) is 0.839. The number of nitrogens with zero attached hydrogens (tertiary/aromatic N) is 3. The van der Waals surface area contributed by atoms with Gasteiger partial charge in [0, 0.05) is 6.54 Å². The summed E-state index contributed by atoms with van der Waals surface area (Å²) in [6.45, 7) is 0.947. The second-order valence-electron chi connectivity index (χ2n) is 5.12. The summed E-state index contributed by atoms with van der Waals surface area (Å²) in [5.41, 5.74) is 0.588. The minimum absolute atomic E-state index is 0.588. The lowest BCUT2D eigenvalue weighted by Gasteiger charge is -2.16. The highest BCUT2D eigenvalue weighted by molar-refractivity contribution is 5.50. The zero-order valence-electron chi connectivity index (χ0n) is 9.76. The molecular weight excluding hydrogens is 212 g/mol. The molecule has 17 heavy (non-hydrogen) atoms. The van der Waals surface area contributed by atoms with Gasteiger partial charge in [0.1, 0.15) is 6.07 Å². The normalized spacial score (nSPS) is 19.1. The van der Waals surface area contributed by atoms with Crippen LogP contribution in [0, 0.1) is 29.1 Å². The van der Waals surface area contributed by atoms with Crippen molar-refractivity contribution in [2.24, 2.45) is 17.8 Å². The molecule has 88 valence electrons. The maximum absolute atomic E-state index is 8.97. The molecule has 2 aliphatic carbocycles. The second-order valence-corrected chi connectivity index (χ2v) is 5.12. The van der Waals surface area contributed by atoms with Gasteiger partial charge in [0.25, 0.3) is 0 Å². The lowest BCUT2D eigenvalue weighted by atomic mass is 9.98. The van der Waals surface area contributed by atoms with Crippen LogP contribution in [0.4, 0.5) is 5.82 Å². The van der Waals surface area contributed by atoms with Crippen molar-refractivity contribution < 1.29 is 0 Å². The van der Waals surface area contributed by atoms with E-state index in [1.54, 1.807) is 12.3 Å². The van der Waals surface area contributed by atoms with E-state index in [2.05, 4.69) is 21.6 Å². The van der Waals surface area contributed by atoms with Crippen LogP contribution in [-0.4, -0.2) is 16.7 Å². The van der Waals surface area contributed by atoms with Crippen molar-refractivity contribution in [3.05, 3.63) is 17.8 Å². The fraction of sp³-hybridized carbons (Fsp3) is 0.615. The standard InChI is InChI=1S/C13H16N4/c14-7-11-5-6-16-17-13(11)15-8-12(9-1-2-9)10-3-4-10/h5-6,9-10,12H,1-4,8H2,(H,15,17). The first-order chi connectivity index (χ1) is 8.38. The van der Waals surface area contributed by atoms with E-state index in [9.17, 15) is 0 Å². The molecule has 0 bridgehead atoms. The van der Waals surface area contributed by atoms with E-state index >= 15 is 0 Å². The minimum atomic E-state index is 0.588. The first-order valence-corrected chi connectivity index (χ1v) is 6.34. The fourth-order valence-electron chi connectivity index (χ4n) is 2.53. The molecule has 0 aliphatic heterocycles. The van der Waals surface area contributed by atoms with Crippen molar-refractivity contribution in [1.82, 2.24) is 10.2 Å². The van der Waals surface area contributed by atoms with Crippen LogP contribution in [0.15, 0.2) is 12.3 Å². The molecule has 0 unspecified atom stereocenters. The Balaban J connectivity index is 1.64. The van der Waals surface area contributed by atoms with Gasteiger partial charge in [0.05, 0.1) is 11.8 Å². The number of nitriles is 1. The summed E-state index contributed by atoms with van der Waals surface area (Å²) in [7, 11) is 0. The van der Waals surface area contributed by atoms with E-state index in [0.29, 0.717) is 11.4 Å². The first kappa shape index (κ1) is 10.5.